The molecule has 2 unspecified atom stereocenters. The standard InChI is InChI=1S/C12H22N4/c1-3-9-6-4-5-7-10(9)16-12-11(13)14-8(2)15-12/h9-10,16H,3-7,13H2,1-2H3,(H,14,15). The molecule has 90 valence electrons. The zero-order chi connectivity index (χ0) is 11.5. The average Bonchev–Trinajstić information content (AvgIpc) is 2.58. The molecule has 0 spiro atoms. The first-order valence-corrected chi connectivity index (χ1v) is 6.29. The van der Waals surface area contributed by atoms with Crippen molar-refractivity contribution in [1.29, 1.82) is 0 Å². The Balaban J connectivity index is 2.04. The van der Waals surface area contributed by atoms with Crippen molar-refractivity contribution < 1.29 is 0 Å². The van der Waals surface area contributed by atoms with E-state index in [1.807, 2.05) is 6.92 Å². The molecule has 1 heterocycles. The van der Waals surface area contributed by atoms with Gasteiger partial charge in [0.2, 0.25) is 0 Å². The number of aromatic amines is 1. The van der Waals surface area contributed by atoms with Crippen molar-refractivity contribution in [3.05, 3.63) is 5.82 Å². The molecule has 1 saturated carbocycles. The van der Waals surface area contributed by atoms with Crippen LogP contribution in [0.3, 0.4) is 0 Å². The van der Waals surface area contributed by atoms with E-state index in [9.17, 15) is 0 Å². The van der Waals surface area contributed by atoms with Gasteiger partial charge in [0.15, 0.2) is 5.82 Å². The molecule has 1 aliphatic carbocycles. The van der Waals surface area contributed by atoms with Gasteiger partial charge in [-0.3, -0.25) is 0 Å². The Kier molecular flexibility index (Phi) is 3.36. The predicted molar refractivity (Wildman–Crippen MR) is 67.4 cm³/mol. The second-order valence-corrected chi connectivity index (χ2v) is 4.79. The minimum atomic E-state index is 0.545. The van der Waals surface area contributed by atoms with Gasteiger partial charge in [-0.2, -0.15) is 0 Å². The summed E-state index contributed by atoms with van der Waals surface area (Å²) < 4.78 is 0. The fraction of sp³-hybridized carbons (Fsp3) is 0.750. The molecule has 4 nitrogen and oxygen atoms in total. The number of anilines is 2. The predicted octanol–water partition coefficient (Wildman–Crippen LogP) is 2.68. The van der Waals surface area contributed by atoms with Gasteiger partial charge in [0, 0.05) is 6.04 Å². The van der Waals surface area contributed by atoms with Crippen molar-refractivity contribution in [3.8, 4) is 0 Å². The minimum Gasteiger partial charge on any atom is -0.382 e. The molecule has 1 aliphatic rings. The first kappa shape index (κ1) is 11.3. The third-order valence-electron chi connectivity index (χ3n) is 3.61. The minimum absolute atomic E-state index is 0.545. The van der Waals surface area contributed by atoms with Crippen LogP contribution in [0.1, 0.15) is 44.9 Å². The van der Waals surface area contributed by atoms with Crippen molar-refractivity contribution in [3.63, 3.8) is 0 Å². The number of aryl methyl sites for hydroxylation is 1. The Bertz CT molecular complexity index is 345. The number of rotatable bonds is 3. The van der Waals surface area contributed by atoms with E-state index >= 15 is 0 Å². The van der Waals surface area contributed by atoms with Crippen LogP contribution in [0.5, 0.6) is 0 Å². The first-order valence-electron chi connectivity index (χ1n) is 6.29. The number of aromatic nitrogens is 2. The molecular weight excluding hydrogens is 200 g/mol. The monoisotopic (exact) mass is 222 g/mol. The molecule has 1 fully saturated rings. The van der Waals surface area contributed by atoms with E-state index in [0.717, 1.165) is 17.6 Å². The highest BCUT2D eigenvalue weighted by Gasteiger charge is 2.24. The maximum Gasteiger partial charge on any atom is 0.168 e. The number of nitrogens with two attached hydrogens (primary N) is 1. The molecule has 0 radical (unpaired) electrons. The molecule has 4 heteroatoms. The van der Waals surface area contributed by atoms with Crippen LogP contribution < -0.4 is 11.1 Å². The fourth-order valence-corrected chi connectivity index (χ4v) is 2.68. The molecule has 0 aromatic carbocycles. The molecule has 0 saturated heterocycles. The maximum absolute atomic E-state index is 5.86. The van der Waals surface area contributed by atoms with Gasteiger partial charge in [-0.1, -0.05) is 26.2 Å². The van der Waals surface area contributed by atoms with E-state index in [1.54, 1.807) is 0 Å². The molecule has 1 aromatic rings. The van der Waals surface area contributed by atoms with Crippen molar-refractivity contribution >= 4 is 11.6 Å². The SMILES string of the molecule is CCC1CCCCC1Nc1nc(C)[nH]c1N. The maximum atomic E-state index is 5.86. The smallest absolute Gasteiger partial charge is 0.168 e. The molecule has 1 aromatic heterocycles. The van der Waals surface area contributed by atoms with E-state index in [2.05, 4.69) is 22.2 Å². The molecule has 16 heavy (non-hydrogen) atoms. The molecule has 2 atom stereocenters. The summed E-state index contributed by atoms with van der Waals surface area (Å²) in [6, 6.07) is 0.545. The molecule has 4 N–H and O–H groups in total. The van der Waals surface area contributed by atoms with E-state index < -0.39 is 0 Å². The van der Waals surface area contributed by atoms with Crippen molar-refractivity contribution in [2.75, 3.05) is 11.1 Å². The van der Waals surface area contributed by atoms with Crippen LogP contribution in [0.15, 0.2) is 0 Å². The topological polar surface area (TPSA) is 66.7 Å². The molecule has 2 rings (SSSR count). The Hall–Kier alpha value is -1.19. The molecule has 0 amide bonds. The first-order chi connectivity index (χ1) is 7.70. The number of hydrogen-bond acceptors (Lipinski definition) is 3. The van der Waals surface area contributed by atoms with Gasteiger partial charge >= 0.3 is 0 Å². The summed E-state index contributed by atoms with van der Waals surface area (Å²) in [6.07, 6.45) is 6.49. The van der Waals surface area contributed by atoms with E-state index in [4.69, 9.17) is 5.73 Å². The van der Waals surface area contributed by atoms with Crippen molar-refractivity contribution in [1.82, 2.24) is 9.97 Å². The third kappa shape index (κ3) is 2.31. The summed E-state index contributed by atoms with van der Waals surface area (Å²) in [4.78, 5) is 7.42. The van der Waals surface area contributed by atoms with Crippen LogP contribution >= 0.6 is 0 Å². The van der Waals surface area contributed by atoms with Gasteiger partial charge in [-0.25, -0.2) is 4.98 Å². The Labute approximate surface area is 97.0 Å². The Morgan fingerprint density at radius 2 is 2.19 bits per heavy atom. The summed E-state index contributed by atoms with van der Waals surface area (Å²) in [6.45, 7) is 4.20. The summed E-state index contributed by atoms with van der Waals surface area (Å²) in [5, 5.41) is 3.50. The third-order valence-corrected chi connectivity index (χ3v) is 3.61. The van der Waals surface area contributed by atoms with Gasteiger partial charge in [0.1, 0.15) is 11.6 Å². The fourth-order valence-electron chi connectivity index (χ4n) is 2.68. The lowest BCUT2D eigenvalue weighted by Gasteiger charge is -2.31. The number of hydrogen-bond donors (Lipinski definition) is 3. The lowest BCUT2D eigenvalue weighted by atomic mass is 9.83. The highest BCUT2D eigenvalue weighted by Crippen LogP contribution is 2.30. The number of nitrogens with zero attached hydrogens (tertiary/aromatic N) is 1. The number of H-pyrrole nitrogens is 1. The van der Waals surface area contributed by atoms with Gasteiger partial charge in [-0.15, -0.1) is 0 Å². The summed E-state index contributed by atoms with van der Waals surface area (Å²) in [7, 11) is 0. The summed E-state index contributed by atoms with van der Waals surface area (Å²) in [5.74, 6) is 3.15. The van der Waals surface area contributed by atoms with Gasteiger partial charge in [0.05, 0.1) is 0 Å². The average molecular weight is 222 g/mol. The number of nitrogens with one attached hydrogen (secondary N) is 2. The summed E-state index contributed by atoms with van der Waals surface area (Å²) >= 11 is 0. The van der Waals surface area contributed by atoms with Crippen molar-refractivity contribution in [2.24, 2.45) is 5.92 Å². The van der Waals surface area contributed by atoms with Gasteiger partial charge in [0.25, 0.3) is 0 Å². The number of imidazole rings is 1. The van der Waals surface area contributed by atoms with E-state index in [1.165, 1.54) is 32.1 Å². The zero-order valence-corrected chi connectivity index (χ0v) is 10.2. The van der Waals surface area contributed by atoms with Crippen LogP contribution in [-0.4, -0.2) is 16.0 Å². The highest BCUT2D eigenvalue weighted by molar-refractivity contribution is 5.57. The second kappa shape index (κ2) is 4.76. The zero-order valence-electron chi connectivity index (χ0n) is 10.2. The Morgan fingerprint density at radius 3 is 2.81 bits per heavy atom. The lowest BCUT2D eigenvalue weighted by Crippen LogP contribution is -2.32. The Morgan fingerprint density at radius 1 is 1.44 bits per heavy atom. The van der Waals surface area contributed by atoms with Crippen LogP contribution in [0.2, 0.25) is 0 Å². The van der Waals surface area contributed by atoms with Crippen LogP contribution in [0, 0.1) is 12.8 Å². The van der Waals surface area contributed by atoms with Crippen LogP contribution in [0.4, 0.5) is 11.6 Å². The second-order valence-electron chi connectivity index (χ2n) is 4.79. The summed E-state index contributed by atoms with van der Waals surface area (Å²) in [5.41, 5.74) is 5.86. The van der Waals surface area contributed by atoms with Gasteiger partial charge in [-0.05, 0) is 25.7 Å². The molecule has 0 aliphatic heterocycles. The normalized spacial score (nSPS) is 25.6. The van der Waals surface area contributed by atoms with Crippen LogP contribution in [0.25, 0.3) is 0 Å². The number of nitrogen functional groups attached to an aromatic ring is 1. The van der Waals surface area contributed by atoms with Crippen LogP contribution in [-0.2, 0) is 0 Å². The lowest BCUT2D eigenvalue weighted by molar-refractivity contribution is 0.317. The molecular formula is C12H22N4. The highest BCUT2D eigenvalue weighted by atomic mass is 15.1. The quantitative estimate of drug-likeness (QED) is 0.736. The van der Waals surface area contributed by atoms with Gasteiger partial charge < -0.3 is 16.0 Å². The van der Waals surface area contributed by atoms with E-state index in [-0.39, 0.29) is 0 Å². The van der Waals surface area contributed by atoms with Crippen molar-refractivity contribution in [2.45, 2.75) is 52.0 Å². The largest absolute Gasteiger partial charge is 0.382 e. The van der Waals surface area contributed by atoms with E-state index in [0.29, 0.717) is 11.9 Å². The molecule has 0 bridgehead atoms.